The number of benzene rings is 1. The minimum Gasteiger partial charge on any atom is -0.497 e. The summed E-state index contributed by atoms with van der Waals surface area (Å²) in [5, 5.41) is 3.38. The lowest BCUT2D eigenvalue weighted by atomic mass is 10.1. The van der Waals surface area contributed by atoms with Crippen LogP contribution in [0, 0.1) is 0 Å². The number of nitrogens with one attached hydrogen (secondary N) is 1. The van der Waals surface area contributed by atoms with Gasteiger partial charge in [-0.1, -0.05) is 15.9 Å². The Morgan fingerprint density at radius 3 is 2.71 bits per heavy atom. The molecule has 0 amide bonds. The lowest BCUT2D eigenvalue weighted by molar-refractivity contribution is 0.185. The number of piperazine rings is 1. The van der Waals surface area contributed by atoms with Crippen LogP contribution in [0.5, 0.6) is 5.75 Å². The first kappa shape index (κ1) is 12.9. The minimum absolute atomic E-state index is 0.418. The quantitative estimate of drug-likeness (QED) is 0.927. The topological polar surface area (TPSA) is 24.5 Å². The van der Waals surface area contributed by atoms with E-state index in [0.29, 0.717) is 6.04 Å². The molecular formula is C13H19BrN2O. The third-order valence-electron chi connectivity index (χ3n) is 3.35. The maximum atomic E-state index is 5.30. The number of rotatable bonds is 3. The van der Waals surface area contributed by atoms with E-state index in [0.717, 1.165) is 36.4 Å². The molecule has 0 aliphatic carbocycles. The summed E-state index contributed by atoms with van der Waals surface area (Å²) in [5.41, 5.74) is 1.30. The summed E-state index contributed by atoms with van der Waals surface area (Å²) in [6.45, 7) is 6.61. The molecule has 1 saturated heterocycles. The van der Waals surface area contributed by atoms with Crippen molar-refractivity contribution in [1.82, 2.24) is 10.2 Å². The van der Waals surface area contributed by atoms with Gasteiger partial charge in [-0.2, -0.15) is 0 Å². The van der Waals surface area contributed by atoms with Gasteiger partial charge in [-0.25, -0.2) is 0 Å². The summed E-state index contributed by atoms with van der Waals surface area (Å²) >= 11 is 3.63. The van der Waals surface area contributed by atoms with Crippen molar-refractivity contribution >= 4 is 15.9 Å². The molecule has 1 fully saturated rings. The first-order valence-corrected chi connectivity index (χ1v) is 6.80. The standard InChI is InChI=1S/C13H19BrN2O/c1-10(16-7-5-15-6-8-16)12-9-11(17-2)3-4-13(12)14/h3-4,9-10,15H,5-8H2,1-2H3/t10-/m1/s1. The molecule has 1 heterocycles. The molecule has 1 aromatic carbocycles. The molecule has 1 atom stereocenters. The largest absolute Gasteiger partial charge is 0.497 e. The van der Waals surface area contributed by atoms with Gasteiger partial charge in [-0.05, 0) is 30.7 Å². The second-order valence-electron chi connectivity index (χ2n) is 4.35. The van der Waals surface area contributed by atoms with Gasteiger partial charge < -0.3 is 10.1 Å². The molecule has 0 spiro atoms. The van der Waals surface area contributed by atoms with E-state index in [1.807, 2.05) is 6.07 Å². The normalized spacial score (nSPS) is 19.0. The fraction of sp³-hybridized carbons (Fsp3) is 0.538. The fourth-order valence-electron chi connectivity index (χ4n) is 2.24. The Hall–Kier alpha value is -0.580. The highest BCUT2D eigenvalue weighted by molar-refractivity contribution is 9.10. The molecule has 1 aliphatic rings. The lowest BCUT2D eigenvalue weighted by Crippen LogP contribution is -2.44. The van der Waals surface area contributed by atoms with Crippen LogP contribution in [0.2, 0.25) is 0 Å². The van der Waals surface area contributed by atoms with Gasteiger partial charge in [0.1, 0.15) is 5.75 Å². The summed E-state index contributed by atoms with van der Waals surface area (Å²) in [7, 11) is 1.71. The number of ether oxygens (including phenoxy) is 1. The average Bonchev–Trinajstić information content (AvgIpc) is 2.39. The van der Waals surface area contributed by atoms with Gasteiger partial charge in [0.2, 0.25) is 0 Å². The predicted molar refractivity (Wildman–Crippen MR) is 73.6 cm³/mol. The number of methoxy groups -OCH3 is 1. The highest BCUT2D eigenvalue weighted by atomic mass is 79.9. The summed E-state index contributed by atoms with van der Waals surface area (Å²) in [6, 6.07) is 6.59. The molecule has 17 heavy (non-hydrogen) atoms. The van der Waals surface area contributed by atoms with E-state index in [1.165, 1.54) is 5.56 Å². The first-order chi connectivity index (χ1) is 8.22. The zero-order valence-corrected chi connectivity index (χ0v) is 12.0. The van der Waals surface area contributed by atoms with Crippen molar-refractivity contribution in [2.24, 2.45) is 0 Å². The van der Waals surface area contributed by atoms with E-state index in [1.54, 1.807) is 7.11 Å². The van der Waals surface area contributed by atoms with Crippen molar-refractivity contribution in [3.05, 3.63) is 28.2 Å². The molecule has 0 unspecified atom stereocenters. The Bertz CT molecular complexity index is 378. The zero-order valence-electron chi connectivity index (χ0n) is 10.4. The summed E-state index contributed by atoms with van der Waals surface area (Å²) < 4.78 is 6.45. The molecule has 0 bridgehead atoms. The van der Waals surface area contributed by atoms with Gasteiger partial charge in [0.25, 0.3) is 0 Å². The van der Waals surface area contributed by atoms with E-state index >= 15 is 0 Å². The summed E-state index contributed by atoms with van der Waals surface area (Å²) in [5.74, 6) is 0.921. The zero-order chi connectivity index (χ0) is 12.3. The molecule has 94 valence electrons. The number of nitrogens with zero attached hydrogens (tertiary/aromatic N) is 1. The van der Waals surface area contributed by atoms with Gasteiger partial charge in [0.05, 0.1) is 7.11 Å². The maximum absolute atomic E-state index is 5.30. The van der Waals surface area contributed by atoms with Crippen LogP contribution in [-0.2, 0) is 0 Å². The molecule has 1 aliphatic heterocycles. The molecule has 0 radical (unpaired) electrons. The van der Waals surface area contributed by atoms with E-state index in [-0.39, 0.29) is 0 Å². The van der Waals surface area contributed by atoms with Crippen molar-refractivity contribution in [2.75, 3.05) is 33.3 Å². The smallest absolute Gasteiger partial charge is 0.119 e. The van der Waals surface area contributed by atoms with Gasteiger partial charge in [-0.15, -0.1) is 0 Å². The van der Waals surface area contributed by atoms with Crippen molar-refractivity contribution < 1.29 is 4.74 Å². The molecule has 0 aromatic heterocycles. The molecule has 0 saturated carbocycles. The Morgan fingerprint density at radius 2 is 2.06 bits per heavy atom. The number of hydrogen-bond acceptors (Lipinski definition) is 3. The Labute approximate surface area is 111 Å². The van der Waals surface area contributed by atoms with Crippen LogP contribution in [0.3, 0.4) is 0 Å². The molecular weight excluding hydrogens is 280 g/mol. The van der Waals surface area contributed by atoms with Gasteiger partial charge in [0.15, 0.2) is 0 Å². The first-order valence-electron chi connectivity index (χ1n) is 6.00. The van der Waals surface area contributed by atoms with Crippen LogP contribution in [0.15, 0.2) is 22.7 Å². The molecule has 1 aromatic rings. The Kier molecular flexibility index (Phi) is 4.42. The number of hydrogen-bond donors (Lipinski definition) is 1. The number of halogens is 1. The maximum Gasteiger partial charge on any atom is 0.119 e. The van der Waals surface area contributed by atoms with Crippen LogP contribution in [0.25, 0.3) is 0 Å². The summed E-state index contributed by atoms with van der Waals surface area (Å²) in [6.07, 6.45) is 0. The monoisotopic (exact) mass is 298 g/mol. The van der Waals surface area contributed by atoms with Crippen molar-refractivity contribution in [2.45, 2.75) is 13.0 Å². The van der Waals surface area contributed by atoms with Crippen LogP contribution in [-0.4, -0.2) is 38.2 Å². The predicted octanol–water partition coefficient (Wildman–Crippen LogP) is 2.42. The summed E-state index contributed by atoms with van der Waals surface area (Å²) in [4.78, 5) is 2.50. The van der Waals surface area contributed by atoms with E-state index in [9.17, 15) is 0 Å². The molecule has 1 N–H and O–H groups in total. The van der Waals surface area contributed by atoms with Crippen molar-refractivity contribution in [3.63, 3.8) is 0 Å². The minimum atomic E-state index is 0.418. The van der Waals surface area contributed by atoms with Crippen LogP contribution >= 0.6 is 15.9 Å². The Morgan fingerprint density at radius 1 is 1.35 bits per heavy atom. The average molecular weight is 299 g/mol. The molecule has 4 heteroatoms. The fourth-order valence-corrected chi connectivity index (χ4v) is 2.81. The molecule has 2 rings (SSSR count). The lowest BCUT2D eigenvalue weighted by Gasteiger charge is -2.33. The third kappa shape index (κ3) is 3.00. The molecule has 3 nitrogen and oxygen atoms in total. The van der Waals surface area contributed by atoms with E-state index < -0.39 is 0 Å². The van der Waals surface area contributed by atoms with Gasteiger partial charge in [-0.3, -0.25) is 4.90 Å². The van der Waals surface area contributed by atoms with Crippen LogP contribution in [0.4, 0.5) is 0 Å². The van der Waals surface area contributed by atoms with Gasteiger partial charge >= 0.3 is 0 Å². The second kappa shape index (κ2) is 5.85. The highest BCUT2D eigenvalue weighted by Crippen LogP contribution is 2.30. The van der Waals surface area contributed by atoms with Crippen molar-refractivity contribution in [1.29, 1.82) is 0 Å². The van der Waals surface area contributed by atoms with Crippen LogP contribution < -0.4 is 10.1 Å². The SMILES string of the molecule is COc1ccc(Br)c([C@@H](C)N2CCNCC2)c1. The van der Waals surface area contributed by atoms with E-state index in [4.69, 9.17) is 4.74 Å². The third-order valence-corrected chi connectivity index (χ3v) is 4.07. The van der Waals surface area contributed by atoms with Crippen LogP contribution in [0.1, 0.15) is 18.5 Å². The second-order valence-corrected chi connectivity index (χ2v) is 5.20. The van der Waals surface area contributed by atoms with Gasteiger partial charge in [0, 0.05) is 36.7 Å². The Balaban J connectivity index is 2.19. The van der Waals surface area contributed by atoms with Crippen molar-refractivity contribution in [3.8, 4) is 5.75 Å². The highest BCUT2D eigenvalue weighted by Gasteiger charge is 2.20. The van der Waals surface area contributed by atoms with E-state index in [2.05, 4.69) is 45.2 Å².